The summed E-state index contributed by atoms with van der Waals surface area (Å²) in [6, 6.07) is 8.80. The first-order valence-electron chi connectivity index (χ1n) is 5.21. The van der Waals surface area contributed by atoms with Gasteiger partial charge in [-0.3, -0.25) is 0 Å². The van der Waals surface area contributed by atoms with Crippen molar-refractivity contribution in [3.05, 3.63) is 30.3 Å². The predicted octanol–water partition coefficient (Wildman–Crippen LogP) is 3.45. The third kappa shape index (κ3) is 2.85. The summed E-state index contributed by atoms with van der Waals surface area (Å²) in [5.74, 6) is 0. The summed E-state index contributed by atoms with van der Waals surface area (Å²) >= 11 is 0. The number of benzene rings is 1. The molecule has 0 aromatic heterocycles. The second kappa shape index (κ2) is 5.29. The monoisotopic (exact) mass is 291 g/mol. The summed E-state index contributed by atoms with van der Waals surface area (Å²) in [5, 5.41) is 9.35. The first-order valence-corrected chi connectivity index (χ1v) is 11.6. The van der Waals surface area contributed by atoms with Crippen LogP contribution in [0.5, 0.6) is 0 Å². The Labute approximate surface area is 104 Å². The van der Waals surface area contributed by atoms with Crippen molar-refractivity contribution in [3.8, 4) is 0 Å². The lowest BCUT2D eigenvalue weighted by atomic mass is 10.4. The third-order valence-electron chi connectivity index (χ3n) is 2.78. The maximum Gasteiger partial charge on any atom is 0.396 e. The first-order chi connectivity index (χ1) is 7.71. The maximum atomic E-state index is 12.8. The summed E-state index contributed by atoms with van der Waals surface area (Å²) in [5.41, 5.74) is 0. The van der Waals surface area contributed by atoms with Crippen LogP contribution in [-0.4, -0.2) is 30.2 Å². The fourth-order valence-corrected chi connectivity index (χ4v) is 10.6. The van der Waals surface area contributed by atoms with Gasteiger partial charge in [0.15, 0.2) is 14.8 Å². The zero-order valence-electron chi connectivity index (χ0n) is 10.5. The van der Waals surface area contributed by atoms with E-state index >= 15 is 0 Å². The van der Waals surface area contributed by atoms with E-state index in [1.54, 1.807) is 24.3 Å². The number of aliphatic hydroxyl groups is 1. The van der Waals surface area contributed by atoms with E-state index in [0.717, 1.165) is 0 Å². The summed E-state index contributed by atoms with van der Waals surface area (Å²) < 4.78 is 24.9. The van der Waals surface area contributed by atoms with Crippen molar-refractivity contribution >= 4 is 27.5 Å². The number of hydrogen-bond donors (Lipinski definition) is 1. The van der Waals surface area contributed by atoms with Gasteiger partial charge in [0.1, 0.15) is 0 Å². The van der Waals surface area contributed by atoms with E-state index in [1.165, 1.54) is 13.6 Å². The zero-order chi connectivity index (χ0) is 13.3. The van der Waals surface area contributed by atoms with Gasteiger partial charge in [0.05, 0.1) is 0 Å². The second-order valence-electron chi connectivity index (χ2n) is 4.35. The van der Waals surface area contributed by atoms with Gasteiger partial charge in [0, 0.05) is 32.2 Å². The molecule has 0 heterocycles. The van der Waals surface area contributed by atoms with Crippen LogP contribution in [0.3, 0.4) is 0 Å². The lowest BCUT2D eigenvalue weighted by Crippen LogP contribution is -2.25. The average Bonchev–Trinajstić information content (AvgIpc) is 2.28. The molecule has 0 aliphatic heterocycles. The van der Waals surface area contributed by atoms with E-state index in [4.69, 9.17) is 0 Å². The molecule has 0 saturated carbocycles. The molecule has 94 valence electrons. The lowest BCUT2D eigenvalue weighted by Gasteiger charge is -2.22. The SMILES string of the molecule is CP(C)[P+](=O)C(C)(O)P(C)(=O)c1ccccc1. The van der Waals surface area contributed by atoms with Gasteiger partial charge < -0.3 is 9.67 Å². The van der Waals surface area contributed by atoms with E-state index in [-0.39, 0.29) is 0 Å². The highest BCUT2D eigenvalue weighted by Crippen LogP contribution is 2.73. The molecule has 3 nitrogen and oxygen atoms in total. The Morgan fingerprint density at radius 3 is 2.18 bits per heavy atom. The van der Waals surface area contributed by atoms with Crippen LogP contribution in [0.15, 0.2) is 30.3 Å². The molecular formula is C11H18O3P3+. The molecule has 3 atom stereocenters. The first kappa shape index (κ1) is 15.0. The Morgan fingerprint density at radius 1 is 1.29 bits per heavy atom. The molecule has 0 spiro atoms. The van der Waals surface area contributed by atoms with Crippen molar-refractivity contribution in [1.29, 1.82) is 0 Å². The Kier molecular flexibility index (Phi) is 4.67. The molecule has 1 N–H and O–H groups in total. The van der Waals surface area contributed by atoms with Gasteiger partial charge in [-0.15, -0.1) is 0 Å². The van der Waals surface area contributed by atoms with Gasteiger partial charge in [-0.05, 0) is 0 Å². The van der Waals surface area contributed by atoms with Crippen molar-refractivity contribution in [2.45, 2.75) is 12.0 Å². The van der Waals surface area contributed by atoms with Crippen LogP contribution in [0.2, 0.25) is 0 Å². The fraction of sp³-hybridized carbons (Fsp3) is 0.455. The predicted molar refractivity (Wildman–Crippen MR) is 76.6 cm³/mol. The average molecular weight is 291 g/mol. The van der Waals surface area contributed by atoms with Crippen LogP contribution in [0.1, 0.15) is 6.92 Å². The fourth-order valence-electron chi connectivity index (χ4n) is 1.50. The van der Waals surface area contributed by atoms with Crippen LogP contribution >= 0.6 is 22.2 Å². The van der Waals surface area contributed by atoms with E-state index in [1.807, 2.05) is 19.4 Å². The molecular weight excluding hydrogens is 273 g/mol. The highest BCUT2D eigenvalue weighted by Gasteiger charge is 2.57. The van der Waals surface area contributed by atoms with E-state index in [9.17, 15) is 14.2 Å². The second-order valence-corrected chi connectivity index (χ2v) is 14.5. The van der Waals surface area contributed by atoms with Crippen molar-refractivity contribution < 1.29 is 14.2 Å². The molecule has 0 fully saturated rings. The normalized spacial score (nSPS) is 19.5. The minimum Gasteiger partial charge on any atom is -0.343 e. The van der Waals surface area contributed by atoms with Crippen molar-refractivity contribution in [2.24, 2.45) is 0 Å². The third-order valence-corrected chi connectivity index (χ3v) is 12.6. The lowest BCUT2D eigenvalue weighted by molar-refractivity contribution is 0.228. The molecule has 0 amide bonds. The smallest absolute Gasteiger partial charge is 0.343 e. The molecule has 1 aromatic carbocycles. The van der Waals surface area contributed by atoms with Crippen molar-refractivity contribution in [2.75, 3.05) is 20.0 Å². The van der Waals surface area contributed by atoms with Gasteiger partial charge in [-0.2, -0.15) is 0 Å². The Bertz CT molecular complexity index is 454. The molecule has 0 aliphatic rings. The Morgan fingerprint density at radius 2 is 1.76 bits per heavy atom. The number of rotatable bonds is 4. The minimum atomic E-state index is -3.07. The Hall–Kier alpha value is -0.0600. The molecule has 3 unspecified atom stereocenters. The molecule has 1 aromatic rings. The summed E-state index contributed by atoms with van der Waals surface area (Å²) in [4.78, 5) is 0. The molecule has 0 saturated heterocycles. The Balaban J connectivity index is 3.23. The minimum absolute atomic E-state index is 0.574. The van der Waals surface area contributed by atoms with Gasteiger partial charge in [-0.1, -0.05) is 34.9 Å². The maximum absolute atomic E-state index is 12.8. The summed E-state index contributed by atoms with van der Waals surface area (Å²) in [6.45, 7) is 6.59. The van der Waals surface area contributed by atoms with Crippen LogP contribution in [0.25, 0.3) is 0 Å². The van der Waals surface area contributed by atoms with Gasteiger partial charge in [0.25, 0.3) is 0 Å². The highest BCUT2D eigenvalue weighted by molar-refractivity contribution is 8.26. The zero-order valence-corrected chi connectivity index (χ0v) is 13.2. The summed E-state index contributed by atoms with van der Waals surface area (Å²) in [7, 11) is -5.77. The van der Waals surface area contributed by atoms with Crippen molar-refractivity contribution in [1.82, 2.24) is 0 Å². The topological polar surface area (TPSA) is 54.4 Å². The summed E-state index contributed by atoms with van der Waals surface area (Å²) in [6.07, 6.45) is 0. The highest BCUT2D eigenvalue weighted by atomic mass is 32.1. The molecule has 17 heavy (non-hydrogen) atoms. The van der Waals surface area contributed by atoms with E-state index < -0.39 is 27.3 Å². The molecule has 6 heteroatoms. The number of hydrogen-bond acceptors (Lipinski definition) is 3. The van der Waals surface area contributed by atoms with Crippen molar-refractivity contribution in [3.63, 3.8) is 0 Å². The quantitative estimate of drug-likeness (QED) is 0.864. The standard InChI is InChI=1S/C11H18O3P3/c1-11(12,16(13)15(2)3)17(4,14)10-8-6-5-7-9-10/h5-9,12H,1-4H3/q+1. The van der Waals surface area contributed by atoms with Crippen LogP contribution in [0.4, 0.5) is 0 Å². The van der Waals surface area contributed by atoms with Gasteiger partial charge >= 0.3 is 12.6 Å². The molecule has 0 radical (unpaired) electrons. The largest absolute Gasteiger partial charge is 0.396 e. The van der Waals surface area contributed by atoms with E-state index in [0.29, 0.717) is 5.30 Å². The van der Waals surface area contributed by atoms with Crippen LogP contribution in [0, 0.1) is 0 Å². The molecule has 0 bridgehead atoms. The van der Waals surface area contributed by atoms with Crippen LogP contribution in [-0.2, 0) is 9.13 Å². The van der Waals surface area contributed by atoms with Gasteiger partial charge in [-0.25, -0.2) is 0 Å². The van der Waals surface area contributed by atoms with E-state index in [2.05, 4.69) is 0 Å². The molecule has 1 rings (SSSR count). The van der Waals surface area contributed by atoms with Crippen LogP contribution < -0.4 is 5.30 Å². The molecule has 0 aliphatic carbocycles. The van der Waals surface area contributed by atoms with Gasteiger partial charge in [0.2, 0.25) is 0 Å².